The maximum Gasteiger partial charge on any atom is 0.249 e. The van der Waals surface area contributed by atoms with Gasteiger partial charge in [0.15, 0.2) is 0 Å². The van der Waals surface area contributed by atoms with Gasteiger partial charge in [-0.3, -0.25) is 14.4 Å². The van der Waals surface area contributed by atoms with Crippen LogP contribution in [0.4, 0.5) is 15.2 Å². The molecule has 0 fully saturated rings. The van der Waals surface area contributed by atoms with Gasteiger partial charge in [-0.2, -0.15) is 0 Å². The van der Waals surface area contributed by atoms with Crippen molar-refractivity contribution in [3.05, 3.63) is 54.3 Å². The Morgan fingerprint density at radius 2 is 1.90 bits per heavy atom. The molecular weight excluding hydrogens is 431 g/mol. The van der Waals surface area contributed by atoms with E-state index >= 15 is 0 Å². The van der Waals surface area contributed by atoms with Gasteiger partial charge >= 0.3 is 0 Å². The van der Waals surface area contributed by atoms with Crippen molar-refractivity contribution in [2.45, 2.75) is 13.0 Å². The molecule has 30 heavy (non-hydrogen) atoms. The molecule has 0 radical (unpaired) electrons. The van der Waals surface area contributed by atoms with Crippen LogP contribution in [0.5, 0.6) is 5.75 Å². The normalized spacial score (nSPS) is 12.3. The molecule has 1 atom stereocenters. The van der Waals surface area contributed by atoms with E-state index in [2.05, 4.69) is 15.5 Å². The number of benzene rings is 2. The summed E-state index contributed by atoms with van der Waals surface area (Å²) in [6, 6.07) is 11.1. The number of nitrogens with one attached hydrogen (secondary N) is 1. The third-order valence-electron chi connectivity index (χ3n) is 4.14. The molecule has 0 saturated carbocycles. The summed E-state index contributed by atoms with van der Waals surface area (Å²) in [6.45, 7) is 1.41. The van der Waals surface area contributed by atoms with Crippen molar-refractivity contribution in [1.29, 1.82) is 0 Å². The third kappa shape index (κ3) is 4.92. The van der Waals surface area contributed by atoms with Crippen LogP contribution in [0.15, 0.2) is 48.5 Å². The minimum atomic E-state index is -3.85. The number of halogens is 1. The number of hydrogen-bond donors (Lipinski definition) is 1. The molecule has 0 bridgehead atoms. The van der Waals surface area contributed by atoms with Gasteiger partial charge in [-0.05, 0) is 49.4 Å². The number of carbonyl (C=O) groups is 1. The van der Waals surface area contributed by atoms with Crippen molar-refractivity contribution in [3.63, 3.8) is 0 Å². The third-order valence-corrected chi connectivity index (χ3v) is 6.27. The van der Waals surface area contributed by atoms with Crippen LogP contribution in [0.1, 0.15) is 6.92 Å². The van der Waals surface area contributed by atoms with Crippen LogP contribution in [0, 0.1) is 5.82 Å². The van der Waals surface area contributed by atoms with Crippen LogP contribution in [0.3, 0.4) is 0 Å². The van der Waals surface area contributed by atoms with Crippen LogP contribution in [0.25, 0.3) is 10.6 Å². The van der Waals surface area contributed by atoms with Crippen LogP contribution >= 0.6 is 11.3 Å². The second-order valence-electron chi connectivity index (χ2n) is 6.34. The fourth-order valence-corrected chi connectivity index (χ4v) is 4.67. The lowest BCUT2D eigenvalue weighted by Gasteiger charge is -2.27. The summed E-state index contributed by atoms with van der Waals surface area (Å²) >= 11 is 1.14. The summed E-state index contributed by atoms with van der Waals surface area (Å²) in [7, 11) is -2.29. The molecule has 0 spiro atoms. The highest BCUT2D eigenvalue weighted by atomic mass is 32.2. The number of methoxy groups -OCH3 is 1. The molecule has 8 nitrogen and oxygen atoms in total. The Hall–Kier alpha value is -3.05. The number of carbonyl (C=O) groups excluding carboxylic acids is 1. The minimum Gasteiger partial charge on any atom is -0.497 e. The van der Waals surface area contributed by atoms with Crippen LogP contribution in [0.2, 0.25) is 0 Å². The zero-order valence-corrected chi connectivity index (χ0v) is 18.0. The number of anilines is 2. The number of rotatable bonds is 7. The molecule has 11 heteroatoms. The van der Waals surface area contributed by atoms with Gasteiger partial charge in [-0.25, -0.2) is 12.8 Å². The molecule has 0 aliphatic carbocycles. The lowest BCUT2D eigenvalue weighted by molar-refractivity contribution is -0.116. The Bertz CT molecular complexity index is 1150. The van der Waals surface area contributed by atoms with Gasteiger partial charge in [0.2, 0.25) is 21.1 Å². The van der Waals surface area contributed by atoms with Gasteiger partial charge in [0, 0.05) is 5.56 Å². The van der Waals surface area contributed by atoms with E-state index in [4.69, 9.17) is 4.74 Å². The highest BCUT2D eigenvalue weighted by Crippen LogP contribution is 2.28. The Balaban J connectivity index is 1.79. The Morgan fingerprint density at radius 3 is 2.50 bits per heavy atom. The molecule has 3 aromatic rings. The van der Waals surface area contributed by atoms with E-state index in [9.17, 15) is 17.6 Å². The lowest BCUT2D eigenvalue weighted by atomic mass is 10.2. The van der Waals surface area contributed by atoms with Crippen molar-refractivity contribution in [1.82, 2.24) is 10.2 Å². The second kappa shape index (κ2) is 8.76. The monoisotopic (exact) mass is 450 g/mol. The van der Waals surface area contributed by atoms with Crippen molar-refractivity contribution in [2.75, 3.05) is 23.0 Å². The first-order valence-corrected chi connectivity index (χ1v) is 11.4. The van der Waals surface area contributed by atoms with Gasteiger partial charge in [0.25, 0.3) is 0 Å². The minimum absolute atomic E-state index is 0.0522. The fourth-order valence-electron chi connectivity index (χ4n) is 2.76. The number of sulfonamides is 1. The van der Waals surface area contributed by atoms with E-state index in [-0.39, 0.29) is 10.8 Å². The number of amides is 1. The predicted octanol–water partition coefficient (Wildman–Crippen LogP) is 3.15. The SMILES string of the molecule is COc1ccc(-c2nnc(NC(=O)[C@@H](C)N(c3cccc(F)c3)S(C)(=O)=O)s2)cc1. The first-order valence-electron chi connectivity index (χ1n) is 8.73. The summed E-state index contributed by atoms with van der Waals surface area (Å²) in [5, 5.41) is 11.4. The van der Waals surface area contributed by atoms with Crippen molar-refractivity contribution >= 4 is 38.1 Å². The van der Waals surface area contributed by atoms with Crippen molar-refractivity contribution in [2.24, 2.45) is 0 Å². The van der Waals surface area contributed by atoms with Crippen molar-refractivity contribution in [3.8, 4) is 16.3 Å². The maximum absolute atomic E-state index is 13.6. The quantitative estimate of drug-likeness (QED) is 0.593. The Labute approximate surface area is 177 Å². The van der Waals surface area contributed by atoms with E-state index < -0.39 is 27.8 Å². The van der Waals surface area contributed by atoms with Gasteiger partial charge in [-0.15, -0.1) is 10.2 Å². The zero-order valence-electron chi connectivity index (χ0n) is 16.4. The van der Waals surface area contributed by atoms with Gasteiger partial charge in [0.05, 0.1) is 19.1 Å². The zero-order chi connectivity index (χ0) is 21.9. The maximum atomic E-state index is 13.6. The summed E-state index contributed by atoms with van der Waals surface area (Å²) < 4.78 is 44.1. The molecule has 0 unspecified atom stereocenters. The first-order chi connectivity index (χ1) is 14.2. The van der Waals surface area contributed by atoms with Crippen LogP contribution < -0.4 is 14.4 Å². The number of hydrogen-bond acceptors (Lipinski definition) is 7. The molecule has 0 aliphatic rings. The van der Waals surface area contributed by atoms with E-state index in [1.807, 2.05) is 12.1 Å². The summed E-state index contributed by atoms with van der Waals surface area (Å²) in [5.41, 5.74) is 0.843. The van der Waals surface area contributed by atoms with E-state index in [0.29, 0.717) is 10.8 Å². The molecular formula is C19H19FN4O4S2. The predicted molar refractivity (Wildman–Crippen MR) is 114 cm³/mol. The lowest BCUT2D eigenvalue weighted by Crippen LogP contribution is -2.45. The largest absolute Gasteiger partial charge is 0.497 e. The average Bonchev–Trinajstić information content (AvgIpc) is 3.15. The molecule has 0 aliphatic heterocycles. The number of ether oxygens (including phenoxy) is 1. The summed E-state index contributed by atoms with van der Waals surface area (Å²) in [6.07, 6.45) is 0.953. The molecule has 0 saturated heterocycles. The van der Waals surface area contributed by atoms with Crippen molar-refractivity contribution < 1.29 is 22.3 Å². The first kappa shape index (κ1) is 21.7. The fraction of sp³-hybridized carbons (Fsp3) is 0.211. The molecule has 1 aromatic heterocycles. The summed E-state index contributed by atoms with van der Waals surface area (Å²) in [5.74, 6) is -0.534. The van der Waals surface area contributed by atoms with Crippen LogP contribution in [-0.2, 0) is 14.8 Å². The van der Waals surface area contributed by atoms with Gasteiger partial charge in [0.1, 0.15) is 22.6 Å². The molecule has 3 rings (SSSR count). The standard InChI is InChI=1S/C19H19FN4O4S2/c1-12(24(30(3,26)27)15-6-4-5-14(20)11-15)17(25)21-19-23-22-18(29-19)13-7-9-16(28-2)10-8-13/h4-12H,1-3H3,(H,21,23,25)/t12-/m1/s1. The molecule has 1 amide bonds. The topological polar surface area (TPSA) is 101 Å². The van der Waals surface area contributed by atoms with E-state index in [1.54, 1.807) is 19.2 Å². The van der Waals surface area contributed by atoms with Gasteiger partial charge in [-0.1, -0.05) is 17.4 Å². The second-order valence-corrected chi connectivity index (χ2v) is 9.18. The number of aromatic nitrogens is 2. The molecule has 1 N–H and O–H groups in total. The Kier molecular flexibility index (Phi) is 6.32. The van der Waals surface area contributed by atoms with E-state index in [0.717, 1.165) is 33.5 Å². The highest BCUT2D eigenvalue weighted by molar-refractivity contribution is 7.92. The van der Waals surface area contributed by atoms with Gasteiger partial charge < -0.3 is 4.74 Å². The molecule has 158 valence electrons. The molecule has 2 aromatic carbocycles. The highest BCUT2D eigenvalue weighted by Gasteiger charge is 2.30. The Morgan fingerprint density at radius 1 is 1.20 bits per heavy atom. The van der Waals surface area contributed by atoms with Crippen LogP contribution in [-0.4, -0.2) is 43.9 Å². The molecule has 1 heterocycles. The van der Waals surface area contributed by atoms with E-state index in [1.165, 1.54) is 25.1 Å². The number of nitrogens with zero attached hydrogens (tertiary/aromatic N) is 3. The smallest absolute Gasteiger partial charge is 0.249 e. The average molecular weight is 451 g/mol. The summed E-state index contributed by atoms with van der Waals surface area (Å²) in [4.78, 5) is 12.7.